The minimum atomic E-state index is -0.524. The number of fused-ring (bicyclic) bond motifs is 1. The Hall–Kier alpha value is -2.59. The highest BCUT2D eigenvalue weighted by atomic mass is 16.5. The van der Waals surface area contributed by atoms with Crippen molar-refractivity contribution in [1.82, 2.24) is 10.5 Å². The predicted molar refractivity (Wildman–Crippen MR) is 73.0 cm³/mol. The average molecular weight is 252 g/mol. The Kier molecular flexibility index (Phi) is 2.78. The van der Waals surface area contributed by atoms with Crippen LogP contribution in [0.25, 0.3) is 21.9 Å². The first kappa shape index (κ1) is 11.5. The van der Waals surface area contributed by atoms with E-state index in [0.717, 1.165) is 21.9 Å². The van der Waals surface area contributed by atoms with Crippen molar-refractivity contribution in [3.8, 4) is 11.1 Å². The number of benzene rings is 2. The number of hydrogen-bond acceptors (Lipinski definition) is 2. The molecule has 0 atom stereocenters. The predicted octanol–water partition coefficient (Wildman–Crippen LogP) is 2.95. The van der Waals surface area contributed by atoms with Crippen LogP contribution in [0, 0.1) is 0 Å². The molecule has 19 heavy (non-hydrogen) atoms. The standard InChI is InChI=1S/C15H12N2O2/c18-15(17-19)14-9-16-8-13(14)12-7-3-5-10-4-1-2-6-11(10)12/h1-9,16,19H,(H,17,18). The van der Waals surface area contributed by atoms with E-state index in [1.54, 1.807) is 17.9 Å². The van der Waals surface area contributed by atoms with Crippen molar-refractivity contribution in [3.63, 3.8) is 0 Å². The van der Waals surface area contributed by atoms with Crippen LogP contribution in [0.15, 0.2) is 54.9 Å². The zero-order valence-corrected chi connectivity index (χ0v) is 10.1. The average Bonchev–Trinajstić information content (AvgIpc) is 2.95. The normalized spacial score (nSPS) is 10.6. The van der Waals surface area contributed by atoms with Gasteiger partial charge in [-0.25, -0.2) is 5.48 Å². The van der Waals surface area contributed by atoms with Crippen molar-refractivity contribution < 1.29 is 10.0 Å². The molecular formula is C15H12N2O2. The molecule has 3 rings (SSSR count). The molecule has 0 saturated carbocycles. The van der Waals surface area contributed by atoms with Crippen molar-refractivity contribution in [2.45, 2.75) is 0 Å². The van der Waals surface area contributed by atoms with Crippen LogP contribution >= 0.6 is 0 Å². The Morgan fingerprint density at radius 2 is 1.79 bits per heavy atom. The smallest absolute Gasteiger partial charge is 0.276 e. The summed E-state index contributed by atoms with van der Waals surface area (Å²) in [6.45, 7) is 0. The minimum Gasteiger partial charge on any atom is -0.366 e. The largest absolute Gasteiger partial charge is 0.366 e. The molecule has 0 bridgehead atoms. The lowest BCUT2D eigenvalue weighted by Crippen LogP contribution is -2.18. The van der Waals surface area contributed by atoms with Gasteiger partial charge in [0.25, 0.3) is 5.91 Å². The molecule has 1 aromatic heterocycles. The lowest BCUT2D eigenvalue weighted by atomic mass is 9.97. The quantitative estimate of drug-likeness (QED) is 0.485. The molecule has 4 heteroatoms. The van der Waals surface area contributed by atoms with Crippen molar-refractivity contribution in [2.24, 2.45) is 0 Å². The number of hydroxylamine groups is 1. The summed E-state index contributed by atoms with van der Waals surface area (Å²) in [7, 11) is 0. The zero-order chi connectivity index (χ0) is 13.2. The monoisotopic (exact) mass is 252 g/mol. The van der Waals surface area contributed by atoms with Crippen LogP contribution in [0.2, 0.25) is 0 Å². The number of H-pyrrole nitrogens is 1. The fourth-order valence-electron chi connectivity index (χ4n) is 2.30. The number of aromatic nitrogens is 1. The van der Waals surface area contributed by atoms with Crippen LogP contribution in [0.5, 0.6) is 0 Å². The highest BCUT2D eigenvalue weighted by molar-refractivity contribution is 6.05. The third kappa shape index (κ3) is 1.88. The second-order valence-electron chi connectivity index (χ2n) is 4.25. The summed E-state index contributed by atoms with van der Waals surface area (Å²) < 4.78 is 0. The summed E-state index contributed by atoms with van der Waals surface area (Å²) in [6.07, 6.45) is 3.33. The van der Waals surface area contributed by atoms with Crippen LogP contribution in [-0.2, 0) is 0 Å². The molecule has 0 saturated heterocycles. The summed E-state index contributed by atoms with van der Waals surface area (Å²) in [5, 5.41) is 11.0. The van der Waals surface area contributed by atoms with E-state index in [1.165, 1.54) is 0 Å². The summed E-state index contributed by atoms with van der Waals surface area (Å²) >= 11 is 0. The third-order valence-corrected chi connectivity index (χ3v) is 3.17. The van der Waals surface area contributed by atoms with Gasteiger partial charge in [0, 0.05) is 18.0 Å². The Morgan fingerprint density at radius 1 is 1.00 bits per heavy atom. The molecule has 94 valence electrons. The lowest BCUT2D eigenvalue weighted by molar-refractivity contribution is 0.0707. The molecular weight excluding hydrogens is 240 g/mol. The van der Waals surface area contributed by atoms with Gasteiger partial charge in [0.15, 0.2) is 0 Å². The molecule has 0 aliphatic heterocycles. The maximum Gasteiger partial charge on any atom is 0.276 e. The Balaban J connectivity index is 2.26. The first-order valence-corrected chi connectivity index (χ1v) is 5.90. The number of hydrogen-bond donors (Lipinski definition) is 3. The van der Waals surface area contributed by atoms with Crippen LogP contribution in [-0.4, -0.2) is 16.1 Å². The summed E-state index contributed by atoms with van der Waals surface area (Å²) in [5.74, 6) is -0.524. The summed E-state index contributed by atoms with van der Waals surface area (Å²) in [4.78, 5) is 14.5. The second kappa shape index (κ2) is 4.59. The van der Waals surface area contributed by atoms with Crippen LogP contribution in [0.1, 0.15) is 10.4 Å². The van der Waals surface area contributed by atoms with Crippen molar-refractivity contribution >= 4 is 16.7 Å². The van der Waals surface area contributed by atoms with E-state index in [9.17, 15) is 4.79 Å². The molecule has 3 N–H and O–H groups in total. The van der Waals surface area contributed by atoms with Crippen molar-refractivity contribution in [1.29, 1.82) is 0 Å². The lowest BCUT2D eigenvalue weighted by Gasteiger charge is -2.07. The molecule has 4 nitrogen and oxygen atoms in total. The molecule has 0 radical (unpaired) electrons. The van der Waals surface area contributed by atoms with E-state index in [1.807, 2.05) is 42.5 Å². The number of rotatable bonds is 2. The summed E-state index contributed by atoms with van der Waals surface area (Å²) in [6, 6.07) is 13.9. The van der Waals surface area contributed by atoms with E-state index < -0.39 is 5.91 Å². The minimum absolute atomic E-state index is 0.416. The molecule has 0 aliphatic carbocycles. The number of carbonyl (C=O) groups is 1. The first-order chi connectivity index (χ1) is 9.31. The number of carbonyl (C=O) groups excluding carboxylic acids is 1. The highest BCUT2D eigenvalue weighted by Crippen LogP contribution is 2.30. The SMILES string of the molecule is O=C(NO)c1c[nH]cc1-c1cccc2ccccc12. The topological polar surface area (TPSA) is 65.1 Å². The number of amides is 1. The Labute approximate surface area is 109 Å². The maximum absolute atomic E-state index is 11.6. The van der Waals surface area contributed by atoms with Gasteiger partial charge in [0.2, 0.25) is 0 Å². The van der Waals surface area contributed by atoms with E-state index in [0.29, 0.717) is 5.56 Å². The fourth-order valence-corrected chi connectivity index (χ4v) is 2.30. The van der Waals surface area contributed by atoms with Gasteiger partial charge >= 0.3 is 0 Å². The Morgan fingerprint density at radius 3 is 2.63 bits per heavy atom. The van der Waals surface area contributed by atoms with Crippen LogP contribution < -0.4 is 5.48 Å². The molecule has 3 aromatic rings. The Bertz CT molecular complexity index is 741. The maximum atomic E-state index is 11.6. The first-order valence-electron chi connectivity index (χ1n) is 5.90. The second-order valence-corrected chi connectivity index (χ2v) is 4.25. The van der Waals surface area contributed by atoms with Crippen LogP contribution in [0.3, 0.4) is 0 Å². The van der Waals surface area contributed by atoms with Gasteiger partial charge < -0.3 is 4.98 Å². The van der Waals surface area contributed by atoms with Gasteiger partial charge in [0.1, 0.15) is 0 Å². The third-order valence-electron chi connectivity index (χ3n) is 3.17. The zero-order valence-electron chi connectivity index (χ0n) is 10.1. The summed E-state index contributed by atoms with van der Waals surface area (Å²) in [5.41, 5.74) is 3.81. The molecule has 0 unspecified atom stereocenters. The van der Waals surface area contributed by atoms with Gasteiger partial charge in [-0.3, -0.25) is 10.0 Å². The molecule has 0 aliphatic rings. The number of aromatic amines is 1. The molecule has 0 spiro atoms. The van der Waals surface area contributed by atoms with E-state index >= 15 is 0 Å². The molecule has 1 heterocycles. The van der Waals surface area contributed by atoms with E-state index in [4.69, 9.17) is 5.21 Å². The number of nitrogens with one attached hydrogen (secondary N) is 2. The van der Waals surface area contributed by atoms with E-state index in [2.05, 4.69) is 4.98 Å². The van der Waals surface area contributed by atoms with Gasteiger partial charge in [-0.15, -0.1) is 0 Å². The molecule has 2 aromatic carbocycles. The van der Waals surface area contributed by atoms with Gasteiger partial charge in [-0.1, -0.05) is 42.5 Å². The van der Waals surface area contributed by atoms with Crippen LogP contribution in [0.4, 0.5) is 0 Å². The van der Waals surface area contributed by atoms with Gasteiger partial charge in [0.05, 0.1) is 5.56 Å². The molecule has 1 amide bonds. The van der Waals surface area contributed by atoms with Crippen molar-refractivity contribution in [2.75, 3.05) is 0 Å². The van der Waals surface area contributed by atoms with Gasteiger partial charge in [-0.2, -0.15) is 0 Å². The van der Waals surface area contributed by atoms with E-state index in [-0.39, 0.29) is 0 Å². The molecule has 0 fully saturated rings. The van der Waals surface area contributed by atoms with Gasteiger partial charge in [-0.05, 0) is 16.3 Å². The van der Waals surface area contributed by atoms with Crippen molar-refractivity contribution in [3.05, 3.63) is 60.4 Å². The fraction of sp³-hybridized carbons (Fsp3) is 0. The highest BCUT2D eigenvalue weighted by Gasteiger charge is 2.14.